The summed E-state index contributed by atoms with van der Waals surface area (Å²) in [4.78, 5) is 38.7. The Labute approximate surface area is 117 Å². The maximum atomic E-state index is 11.7. The molecule has 0 N–H and O–H groups in total. The van der Waals surface area contributed by atoms with Gasteiger partial charge in [0.1, 0.15) is 0 Å². The molecule has 108 valence electrons. The van der Waals surface area contributed by atoms with Crippen molar-refractivity contribution in [2.45, 2.75) is 26.7 Å². The molecule has 1 atom stereocenters. The van der Waals surface area contributed by atoms with Gasteiger partial charge in [-0.3, -0.25) is 19.4 Å². The van der Waals surface area contributed by atoms with Crippen LogP contribution in [0.3, 0.4) is 0 Å². The number of aromatic nitrogens is 1. The van der Waals surface area contributed by atoms with Crippen LogP contribution >= 0.6 is 0 Å². The largest absolute Gasteiger partial charge is 0.465 e. The average Bonchev–Trinajstić information content (AvgIpc) is 2.40. The molecule has 0 spiro atoms. The van der Waals surface area contributed by atoms with Crippen LogP contribution in [0.25, 0.3) is 0 Å². The number of hydrogen-bond donors (Lipinski definition) is 0. The maximum absolute atomic E-state index is 11.7. The predicted octanol–water partition coefficient (Wildman–Crippen LogP) is 1.28. The van der Waals surface area contributed by atoms with Gasteiger partial charge < -0.3 is 9.47 Å². The summed E-state index contributed by atoms with van der Waals surface area (Å²) in [6.45, 7) is 3.46. The second-order valence-electron chi connectivity index (χ2n) is 4.04. The quantitative estimate of drug-likeness (QED) is 0.576. The van der Waals surface area contributed by atoms with Gasteiger partial charge in [-0.1, -0.05) is 13.0 Å². The van der Waals surface area contributed by atoms with Gasteiger partial charge in [-0.15, -0.1) is 0 Å². The molecule has 0 aromatic carbocycles. The number of nitrogens with zero attached hydrogens (tertiary/aromatic N) is 1. The van der Waals surface area contributed by atoms with E-state index in [-0.39, 0.29) is 19.4 Å². The SMILES string of the molecule is CCOC(=O)C(CC)C(=O)OC(=O)Cc1cccnc1. The monoisotopic (exact) mass is 279 g/mol. The molecule has 0 aliphatic rings. The fraction of sp³-hybridized carbons (Fsp3) is 0.429. The van der Waals surface area contributed by atoms with Crippen LogP contribution in [0.1, 0.15) is 25.8 Å². The number of pyridine rings is 1. The second-order valence-corrected chi connectivity index (χ2v) is 4.04. The Kier molecular flexibility index (Phi) is 6.36. The summed E-state index contributed by atoms with van der Waals surface area (Å²) in [6.07, 6.45) is 3.24. The zero-order valence-corrected chi connectivity index (χ0v) is 11.5. The third kappa shape index (κ3) is 4.79. The molecular weight excluding hydrogens is 262 g/mol. The number of hydrogen-bond acceptors (Lipinski definition) is 6. The van der Waals surface area contributed by atoms with Crippen LogP contribution in [-0.4, -0.2) is 29.5 Å². The molecule has 1 rings (SSSR count). The molecule has 6 nitrogen and oxygen atoms in total. The molecule has 0 radical (unpaired) electrons. The molecule has 0 aliphatic carbocycles. The highest BCUT2D eigenvalue weighted by Crippen LogP contribution is 2.09. The van der Waals surface area contributed by atoms with Gasteiger partial charge >= 0.3 is 17.9 Å². The number of rotatable bonds is 6. The van der Waals surface area contributed by atoms with Gasteiger partial charge in [-0.05, 0) is 25.0 Å². The summed E-state index contributed by atoms with van der Waals surface area (Å²) in [5.41, 5.74) is 0.634. The summed E-state index contributed by atoms with van der Waals surface area (Å²) in [5.74, 6) is -3.33. The normalized spacial score (nSPS) is 11.5. The van der Waals surface area contributed by atoms with E-state index in [0.29, 0.717) is 5.56 Å². The Morgan fingerprint density at radius 2 is 2.00 bits per heavy atom. The molecule has 0 fully saturated rings. The van der Waals surface area contributed by atoms with Crippen LogP contribution in [0.4, 0.5) is 0 Å². The molecule has 1 aromatic heterocycles. The molecule has 0 saturated carbocycles. The Balaban J connectivity index is 2.55. The van der Waals surface area contributed by atoms with Gasteiger partial charge in [-0.25, -0.2) is 0 Å². The molecule has 20 heavy (non-hydrogen) atoms. The smallest absolute Gasteiger partial charge is 0.327 e. The van der Waals surface area contributed by atoms with Crippen LogP contribution in [0.5, 0.6) is 0 Å². The van der Waals surface area contributed by atoms with Crippen molar-refractivity contribution in [1.82, 2.24) is 4.98 Å². The van der Waals surface area contributed by atoms with E-state index in [4.69, 9.17) is 4.74 Å². The number of ether oxygens (including phenoxy) is 2. The summed E-state index contributed by atoms with van der Waals surface area (Å²) in [7, 11) is 0. The zero-order valence-electron chi connectivity index (χ0n) is 11.5. The fourth-order valence-corrected chi connectivity index (χ4v) is 1.56. The van der Waals surface area contributed by atoms with Gasteiger partial charge in [0.25, 0.3) is 0 Å². The first kappa shape index (κ1) is 15.8. The van der Waals surface area contributed by atoms with Crippen molar-refractivity contribution in [3.63, 3.8) is 0 Å². The lowest BCUT2D eigenvalue weighted by molar-refractivity contribution is -0.167. The lowest BCUT2D eigenvalue weighted by atomic mass is 10.1. The molecule has 1 aromatic rings. The van der Waals surface area contributed by atoms with Gasteiger partial charge in [0, 0.05) is 12.4 Å². The van der Waals surface area contributed by atoms with Crippen molar-refractivity contribution >= 4 is 17.9 Å². The molecule has 6 heteroatoms. The van der Waals surface area contributed by atoms with E-state index >= 15 is 0 Å². The van der Waals surface area contributed by atoms with Gasteiger partial charge in [-0.2, -0.15) is 0 Å². The fourth-order valence-electron chi connectivity index (χ4n) is 1.56. The van der Waals surface area contributed by atoms with Gasteiger partial charge in [0.15, 0.2) is 5.92 Å². The van der Waals surface area contributed by atoms with Crippen molar-refractivity contribution < 1.29 is 23.9 Å². The van der Waals surface area contributed by atoms with E-state index < -0.39 is 23.8 Å². The second kappa shape index (κ2) is 8.04. The predicted molar refractivity (Wildman–Crippen MR) is 69.5 cm³/mol. The van der Waals surface area contributed by atoms with Crippen molar-refractivity contribution in [2.75, 3.05) is 6.61 Å². The van der Waals surface area contributed by atoms with Crippen LogP contribution in [0, 0.1) is 5.92 Å². The van der Waals surface area contributed by atoms with Crippen LogP contribution in [0.15, 0.2) is 24.5 Å². The highest BCUT2D eigenvalue weighted by atomic mass is 16.6. The lowest BCUT2D eigenvalue weighted by Crippen LogP contribution is -2.29. The van der Waals surface area contributed by atoms with Crippen molar-refractivity contribution in [3.05, 3.63) is 30.1 Å². The minimum absolute atomic E-state index is 0.0706. The first-order valence-electron chi connectivity index (χ1n) is 6.38. The van der Waals surface area contributed by atoms with E-state index in [0.717, 1.165) is 0 Å². The summed E-state index contributed by atoms with van der Waals surface area (Å²) >= 11 is 0. The maximum Gasteiger partial charge on any atom is 0.327 e. The molecule has 1 unspecified atom stereocenters. The van der Waals surface area contributed by atoms with E-state index in [2.05, 4.69) is 9.72 Å². The van der Waals surface area contributed by atoms with Gasteiger partial charge in [0.05, 0.1) is 13.0 Å². The summed E-state index contributed by atoms with van der Waals surface area (Å²) in [5, 5.41) is 0. The average molecular weight is 279 g/mol. The third-order valence-corrected chi connectivity index (χ3v) is 2.55. The lowest BCUT2D eigenvalue weighted by Gasteiger charge is -2.11. The molecular formula is C14H17NO5. The Morgan fingerprint density at radius 1 is 1.25 bits per heavy atom. The minimum Gasteiger partial charge on any atom is -0.465 e. The van der Waals surface area contributed by atoms with E-state index in [9.17, 15) is 14.4 Å². The number of carbonyl (C=O) groups is 3. The Morgan fingerprint density at radius 3 is 2.55 bits per heavy atom. The topological polar surface area (TPSA) is 82.6 Å². The number of carbonyl (C=O) groups excluding carboxylic acids is 3. The molecule has 0 aliphatic heterocycles. The first-order valence-corrected chi connectivity index (χ1v) is 6.38. The summed E-state index contributed by atoms with van der Waals surface area (Å²) < 4.78 is 9.42. The van der Waals surface area contributed by atoms with E-state index in [1.165, 1.54) is 6.20 Å². The van der Waals surface area contributed by atoms with Crippen LogP contribution < -0.4 is 0 Å². The minimum atomic E-state index is -1.06. The van der Waals surface area contributed by atoms with Crippen molar-refractivity contribution in [1.29, 1.82) is 0 Å². The van der Waals surface area contributed by atoms with E-state index in [1.807, 2.05) is 0 Å². The molecule has 0 saturated heterocycles. The van der Waals surface area contributed by atoms with Crippen LogP contribution in [0.2, 0.25) is 0 Å². The zero-order chi connectivity index (χ0) is 15.0. The molecule has 1 heterocycles. The summed E-state index contributed by atoms with van der Waals surface area (Å²) in [6, 6.07) is 3.37. The molecule has 0 bridgehead atoms. The highest BCUT2D eigenvalue weighted by Gasteiger charge is 2.29. The van der Waals surface area contributed by atoms with Crippen molar-refractivity contribution in [3.8, 4) is 0 Å². The Bertz CT molecular complexity index is 472. The van der Waals surface area contributed by atoms with Crippen molar-refractivity contribution in [2.24, 2.45) is 5.92 Å². The van der Waals surface area contributed by atoms with Crippen LogP contribution in [-0.2, 0) is 30.3 Å². The standard InChI is InChI=1S/C14H17NO5/c1-3-11(13(17)19-4-2)14(18)20-12(16)8-10-6-5-7-15-9-10/h5-7,9,11H,3-4,8H2,1-2H3. The third-order valence-electron chi connectivity index (χ3n) is 2.55. The van der Waals surface area contributed by atoms with Gasteiger partial charge in [0.2, 0.25) is 0 Å². The van der Waals surface area contributed by atoms with E-state index in [1.54, 1.807) is 32.2 Å². The highest BCUT2D eigenvalue weighted by molar-refractivity contribution is 5.99. The molecule has 0 amide bonds. The number of esters is 3. The first-order chi connectivity index (χ1) is 9.58. The Hall–Kier alpha value is -2.24.